The van der Waals surface area contributed by atoms with Crippen molar-refractivity contribution in [1.29, 1.82) is 0 Å². The van der Waals surface area contributed by atoms with E-state index in [4.69, 9.17) is 23.2 Å². The topological polar surface area (TPSA) is 118 Å². The highest BCUT2D eigenvalue weighted by atomic mass is 35.5. The first-order valence-corrected chi connectivity index (χ1v) is 19.1. The predicted molar refractivity (Wildman–Crippen MR) is 194 cm³/mol. The minimum Gasteiger partial charge on any atom is -0.349 e. The standard InChI is InChI=1S/C39H38Cl2N2O6S/c1-2-26(36(45)37(46)42-20-17-25-11-12-27-7-3-4-8-28(27)21-25)22-34(44)33-23-31(50(48,49)35-10-6-5-9-32(35)41)24-43(33)38(47)39(18-19-39)29-13-15-30(40)16-14-29/h3-16,21,26,31,33H,2,17-20,22-24H2,1H3,(H,42,46)/t26-,31-,33+/m1/s1. The molecule has 0 spiro atoms. The van der Waals surface area contributed by atoms with Crippen LogP contribution in [0.15, 0.2) is 95.9 Å². The predicted octanol–water partition coefficient (Wildman–Crippen LogP) is 6.54. The third-order valence-corrected chi connectivity index (χ3v) is 13.0. The van der Waals surface area contributed by atoms with Crippen molar-refractivity contribution in [2.75, 3.05) is 13.1 Å². The van der Waals surface area contributed by atoms with Crippen LogP contribution < -0.4 is 5.32 Å². The average Bonchev–Trinajstić information content (AvgIpc) is 3.80. The molecular formula is C39H38Cl2N2O6S. The molecule has 0 radical (unpaired) electrons. The van der Waals surface area contributed by atoms with Gasteiger partial charge >= 0.3 is 0 Å². The largest absolute Gasteiger partial charge is 0.349 e. The molecule has 0 unspecified atom stereocenters. The molecule has 260 valence electrons. The van der Waals surface area contributed by atoms with E-state index in [-0.39, 0.29) is 48.2 Å². The van der Waals surface area contributed by atoms with Gasteiger partial charge in [0.2, 0.25) is 11.7 Å². The molecule has 1 N–H and O–H groups in total. The molecular weight excluding hydrogens is 695 g/mol. The number of nitrogens with zero attached hydrogens (tertiary/aromatic N) is 1. The Balaban J connectivity index is 1.17. The number of benzene rings is 4. The van der Waals surface area contributed by atoms with Crippen molar-refractivity contribution in [1.82, 2.24) is 10.2 Å². The van der Waals surface area contributed by atoms with Crippen molar-refractivity contribution in [3.05, 3.63) is 112 Å². The Morgan fingerprint density at radius 2 is 1.58 bits per heavy atom. The number of likely N-dealkylation sites (tertiary alicyclic amines) is 1. The van der Waals surface area contributed by atoms with Gasteiger partial charge in [0.25, 0.3) is 5.91 Å². The lowest BCUT2D eigenvalue weighted by Gasteiger charge is -2.29. The molecule has 6 rings (SSSR count). The second-order valence-electron chi connectivity index (χ2n) is 13.2. The highest BCUT2D eigenvalue weighted by Gasteiger charge is 2.57. The monoisotopic (exact) mass is 732 g/mol. The van der Waals surface area contributed by atoms with Gasteiger partial charge in [-0.25, -0.2) is 8.42 Å². The van der Waals surface area contributed by atoms with Gasteiger partial charge in [0.15, 0.2) is 15.6 Å². The van der Waals surface area contributed by atoms with E-state index in [9.17, 15) is 27.6 Å². The molecule has 3 atom stereocenters. The summed E-state index contributed by atoms with van der Waals surface area (Å²) in [6, 6.07) is 26.0. The lowest BCUT2D eigenvalue weighted by Crippen LogP contribution is -2.47. The molecule has 1 saturated carbocycles. The zero-order valence-corrected chi connectivity index (χ0v) is 29.9. The van der Waals surface area contributed by atoms with Crippen LogP contribution in [-0.2, 0) is 40.9 Å². The number of carbonyl (C=O) groups is 4. The fraction of sp³-hybridized carbons (Fsp3) is 0.333. The van der Waals surface area contributed by atoms with E-state index in [2.05, 4.69) is 5.32 Å². The maximum atomic E-state index is 14.3. The fourth-order valence-electron chi connectivity index (χ4n) is 6.99. The number of fused-ring (bicyclic) bond motifs is 1. The van der Waals surface area contributed by atoms with Crippen LogP contribution in [0, 0.1) is 5.92 Å². The molecule has 1 aliphatic heterocycles. The van der Waals surface area contributed by atoms with Crippen molar-refractivity contribution in [2.45, 2.75) is 67.1 Å². The first kappa shape index (κ1) is 35.8. The van der Waals surface area contributed by atoms with Crippen molar-refractivity contribution >= 4 is 67.2 Å². The van der Waals surface area contributed by atoms with Crippen LogP contribution in [0.25, 0.3) is 10.8 Å². The van der Waals surface area contributed by atoms with E-state index in [1.54, 1.807) is 43.3 Å². The molecule has 1 aliphatic carbocycles. The number of amides is 2. The zero-order chi connectivity index (χ0) is 35.6. The highest BCUT2D eigenvalue weighted by Crippen LogP contribution is 2.51. The number of carbonyl (C=O) groups excluding carboxylic acids is 4. The third kappa shape index (κ3) is 7.22. The fourth-order valence-corrected chi connectivity index (χ4v) is 9.33. The summed E-state index contributed by atoms with van der Waals surface area (Å²) in [5, 5.41) is 4.38. The Morgan fingerprint density at radius 1 is 0.900 bits per heavy atom. The molecule has 8 nitrogen and oxygen atoms in total. The van der Waals surface area contributed by atoms with Crippen LogP contribution in [0.1, 0.15) is 50.2 Å². The molecule has 4 aromatic rings. The lowest BCUT2D eigenvalue weighted by molar-refractivity contribution is -0.143. The maximum absolute atomic E-state index is 14.3. The molecule has 11 heteroatoms. The zero-order valence-electron chi connectivity index (χ0n) is 27.6. The molecule has 2 fully saturated rings. The van der Waals surface area contributed by atoms with E-state index < -0.39 is 49.9 Å². The van der Waals surface area contributed by atoms with Gasteiger partial charge in [0, 0.05) is 30.5 Å². The highest BCUT2D eigenvalue weighted by molar-refractivity contribution is 7.92. The molecule has 4 aromatic carbocycles. The minimum atomic E-state index is -4.03. The summed E-state index contributed by atoms with van der Waals surface area (Å²) in [5.74, 6) is -3.20. The smallest absolute Gasteiger partial charge is 0.287 e. The van der Waals surface area contributed by atoms with Gasteiger partial charge in [-0.1, -0.05) is 96.9 Å². The molecule has 0 aromatic heterocycles. The van der Waals surface area contributed by atoms with E-state index in [0.29, 0.717) is 24.3 Å². The van der Waals surface area contributed by atoms with Crippen molar-refractivity contribution in [2.24, 2.45) is 5.92 Å². The first-order chi connectivity index (χ1) is 23.9. The second kappa shape index (κ2) is 14.7. The summed E-state index contributed by atoms with van der Waals surface area (Å²) in [4.78, 5) is 56.0. The summed E-state index contributed by atoms with van der Waals surface area (Å²) in [7, 11) is -4.03. The van der Waals surface area contributed by atoms with Gasteiger partial charge < -0.3 is 10.2 Å². The van der Waals surface area contributed by atoms with Gasteiger partial charge in [0.1, 0.15) is 0 Å². The van der Waals surface area contributed by atoms with Crippen LogP contribution in [-0.4, -0.2) is 61.1 Å². The first-order valence-electron chi connectivity index (χ1n) is 16.8. The van der Waals surface area contributed by atoms with E-state index in [1.807, 2.05) is 42.5 Å². The van der Waals surface area contributed by atoms with Crippen molar-refractivity contribution in [3.8, 4) is 0 Å². The number of ketones is 2. The van der Waals surface area contributed by atoms with Crippen LogP contribution in [0.5, 0.6) is 0 Å². The maximum Gasteiger partial charge on any atom is 0.287 e. The lowest BCUT2D eigenvalue weighted by atomic mass is 9.90. The minimum absolute atomic E-state index is 0.0586. The number of hydrogen-bond acceptors (Lipinski definition) is 6. The van der Waals surface area contributed by atoms with Gasteiger partial charge in [-0.3, -0.25) is 19.2 Å². The number of nitrogens with one attached hydrogen (secondary N) is 1. The Bertz CT molecular complexity index is 2060. The number of hydrogen-bond donors (Lipinski definition) is 1. The van der Waals surface area contributed by atoms with Crippen LogP contribution in [0.4, 0.5) is 0 Å². The van der Waals surface area contributed by atoms with Gasteiger partial charge in [-0.15, -0.1) is 0 Å². The van der Waals surface area contributed by atoms with Crippen LogP contribution in [0.3, 0.4) is 0 Å². The Morgan fingerprint density at radius 3 is 2.26 bits per heavy atom. The second-order valence-corrected chi connectivity index (χ2v) is 16.3. The molecule has 1 saturated heterocycles. The normalized spacial score (nSPS) is 18.8. The number of sulfone groups is 1. The van der Waals surface area contributed by atoms with E-state index in [0.717, 1.165) is 21.9 Å². The van der Waals surface area contributed by atoms with Crippen molar-refractivity contribution < 1.29 is 27.6 Å². The Labute approximate surface area is 302 Å². The molecule has 1 heterocycles. The summed E-state index contributed by atoms with van der Waals surface area (Å²) in [6.07, 6.45) is 1.39. The quantitative estimate of drug-likeness (QED) is 0.156. The molecule has 2 aliphatic rings. The summed E-state index contributed by atoms with van der Waals surface area (Å²) in [6.45, 7) is 1.77. The molecule has 2 amide bonds. The van der Waals surface area contributed by atoms with Crippen LogP contribution in [0.2, 0.25) is 10.0 Å². The molecule has 0 bridgehead atoms. The van der Waals surface area contributed by atoms with Gasteiger partial charge in [-0.05, 0) is 78.3 Å². The van der Waals surface area contributed by atoms with E-state index >= 15 is 0 Å². The Kier molecular flexibility index (Phi) is 10.5. The number of rotatable bonds is 13. The number of halogens is 2. The van der Waals surface area contributed by atoms with E-state index in [1.165, 1.54) is 17.0 Å². The number of Topliss-reactive ketones (excluding diaryl/α,β-unsaturated/α-hetero) is 2. The SMILES string of the molecule is CC[C@H](CC(=O)[C@@H]1C[C@@H](S(=O)(=O)c2ccccc2Cl)CN1C(=O)C1(c2ccc(Cl)cc2)CC1)C(=O)C(=O)NCCc1ccc2ccccc2c1. The summed E-state index contributed by atoms with van der Waals surface area (Å²) in [5.41, 5.74) is 0.868. The average molecular weight is 734 g/mol. The summed E-state index contributed by atoms with van der Waals surface area (Å²) >= 11 is 12.4. The van der Waals surface area contributed by atoms with Gasteiger partial charge in [-0.2, -0.15) is 0 Å². The third-order valence-electron chi connectivity index (χ3n) is 10.1. The Hall–Kier alpha value is -4.05. The molecule has 50 heavy (non-hydrogen) atoms. The van der Waals surface area contributed by atoms with Gasteiger partial charge in [0.05, 0.1) is 26.6 Å². The summed E-state index contributed by atoms with van der Waals surface area (Å²) < 4.78 is 27.7. The van der Waals surface area contributed by atoms with Crippen LogP contribution >= 0.6 is 23.2 Å². The van der Waals surface area contributed by atoms with Crippen molar-refractivity contribution in [3.63, 3.8) is 0 Å².